The van der Waals surface area contributed by atoms with Crippen LogP contribution in [0.2, 0.25) is 0 Å². The monoisotopic (exact) mass is 587 g/mol. The normalized spacial score (nSPS) is 53.9. The van der Waals surface area contributed by atoms with Crippen LogP contribution in [0.3, 0.4) is 0 Å². The summed E-state index contributed by atoms with van der Waals surface area (Å²) in [5.41, 5.74) is 2.90. The molecule has 0 aromatic heterocycles. The fourth-order valence-corrected chi connectivity index (χ4v) is 10.4. The molecule has 3 aliphatic heterocycles. The number of rotatable bonds is 3. The molecule has 7 rings (SSSR count). The predicted octanol–water partition coefficient (Wildman–Crippen LogP) is 2.21. The summed E-state index contributed by atoms with van der Waals surface area (Å²) in [5.74, 6) is 0.961. The Morgan fingerprint density at radius 2 is 1.93 bits per heavy atom. The lowest BCUT2D eigenvalue weighted by molar-refractivity contribution is -0.341. The highest BCUT2D eigenvalue weighted by atomic mass is 16.7. The van der Waals surface area contributed by atoms with E-state index in [1.807, 2.05) is 0 Å². The standard InChI is InChI=1S/C33H49NO8/c1-15-11-23-26(34-13-15)17(3)33(42-23)10-8-20-21-6-5-18-12-19(40-31-22(14-35)27(36)29(38)30(39)41-31)7-9-32(18,4)25(21)28(37)24(20)16(33)2/h5,15,17,19-23,25-27,29-31,34-36,38-39H,6-14H2,1-4H3/t15-,17+,19+,20-,21+,22-,23+,25-,26-,27+,29+,30-,31+,32-,33-/m0/s1. The molecule has 9 heteroatoms. The molecule has 3 saturated heterocycles. The summed E-state index contributed by atoms with van der Waals surface area (Å²) in [5, 5.41) is 44.0. The first kappa shape index (κ1) is 29.5. The maximum absolute atomic E-state index is 14.5. The van der Waals surface area contributed by atoms with Gasteiger partial charge in [-0.15, -0.1) is 0 Å². The van der Waals surface area contributed by atoms with E-state index in [4.69, 9.17) is 14.2 Å². The number of carbonyl (C=O) groups is 1. The van der Waals surface area contributed by atoms with Crippen molar-refractivity contribution in [2.45, 2.75) is 121 Å². The minimum absolute atomic E-state index is 0.0457. The highest BCUT2D eigenvalue weighted by Gasteiger charge is 2.63. The van der Waals surface area contributed by atoms with Crippen LogP contribution in [-0.2, 0) is 19.0 Å². The van der Waals surface area contributed by atoms with Gasteiger partial charge in [-0.1, -0.05) is 32.4 Å². The summed E-state index contributed by atoms with van der Waals surface area (Å²) in [7, 11) is 0. The van der Waals surface area contributed by atoms with E-state index < -0.39 is 37.3 Å². The average Bonchev–Trinajstić information content (AvgIpc) is 3.41. The molecule has 234 valence electrons. The topological polar surface area (TPSA) is 138 Å². The number of hydrogen-bond acceptors (Lipinski definition) is 9. The molecule has 9 nitrogen and oxygen atoms in total. The molecule has 2 saturated carbocycles. The van der Waals surface area contributed by atoms with Gasteiger partial charge in [-0.25, -0.2) is 0 Å². The molecule has 0 aromatic rings. The fourth-order valence-electron chi connectivity index (χ4n) is 10.4. The molecule has 5 fully saturated rings. The third-order valence-corrected chi connectivity index (χ3v) is 12.8. The second-order valence-corrected chi connectivity index (χ2v) is 14.9. The third kappa shape index (κ3) is 4.14. The summed E-state index contributed by atoms with van der Waals surface area (Å²) in [6.45, 7) is 9.65. The van der Waals surface area contributed by atoms with Crippen molar-refractivity contribution in [1.82, 2.24) is 5.32 Å². The quantitative estimate of drug-likeness (QED) is 0.315. The van der Waals surface area contributed by atoms with E-state index in [1.165, 1.54) is 11.1 Å². The Labute approximate surface area is 248 Å². The van der Waals surface area contributed by atoms with E-state index in [2.05, 4.69) is 39.1 Å². The summed E-state index contributed by atoms with van der Waals surface area (Å²) >= 11 is 0. The largest absolute Gasteiger partial charge is 0.396 e. The fraction of sp³-hybridized carbons (Fsp3) is 0.848. The Balaban J connectivity index is 1.11. The molecule has 0 unspecified atom stereocenters. The van der Waals surface area contributed by atoms with Crippen LogP contribution >= 0.6 is 0 Å². The van der Waals surface area contributed by atoms with Crippen molar-refractivity contribution in [1.29, 1.82) is 0 Å². The number of aliphatic hydroxyl groups is 4. The number of hydrogen-bond donors (Lipinski definition) is 5. The Bertz CT molecular complexity index is 1170. The number of ketones is 1. The number of allylic oxidation sites excluding steroid dienone is 2. The van der Waals surface area contributed by atoms with Crippen molar-refractivity contribution in [3.8, 4) is 0 Å². The number of piperidine rings is 1. The molecule has 15 atom stereocenters. The van der Waals surface area contributed by atoms with Gasteiger partial charge in [0.05, 0.1) is 36.4 Å². The lowest BCUT2D eigenvalue weighted by Gasteiger charge is -2.49. The van der Waals surface area contributed by atoms with E-state index in [0.717, 1.165) is 44.2 Å². The number of fused-ring (bicyclic) bond motifs is 6. The van der Waals surface area contributed by atoms with Crippen LogP contribution in [0.25, 0.3) is 0 Å². The third-order valence-electron chi connectivity index (χ3n) is 12.8. The van der Waals surface area contributed by atoms with Crippen molar-refractivity contribution in [3.05, 3.63) is 22.8 Å². The molecular weight excluding hydrogens is 538 g/mol. The predicted molar refractivity (Wildman–Crippen MR) is 153 cm³/mol. The van der Waals surface area contributed by atoms with Gasteiger partial charge in [-0.05, 0) is 87.2 Å². The van der Waals surface area contributed by atoms with E-state index in [-0.39, 0.29) is 35.1 Å². The van der Waals surface area contributed by atoms with Crippen molar-refractivity contribution < 1.29 is 39.4 Å². The van der Waals surface area contributed by atoms with E-state index in [9.17, 15) is 25.2 Å². The molecule has 0 amide bonds. The molecule has 1 spiro atoms. The molecule has 3 heterocycles. The maximum Gasteiger partial charge on any atom is 0.186 e. The van der Waals surface area contributed by atoms with Gasteiger partial charge in [0.2, 0.25) is 0 Å². The summed E-state index contributed by atoms with van der Waals surface area (Å²) in [6.07, 6.45) is 2.96. The smallest absolute Gasteiger partial charge is 0.186 e. The summed E-state index contributed by atoms with van der Waals surface area (Å²) in [6, 6.07) is 0.345. The number of Topliss-reactive ketones (excluding diaryl/α,β-unsaturated/α-hetero) is 1. The molecule has 0 bridgehead atoms. The summed E-state index contributed by atoms with van der Waals surface area (Å²) in [4.78, 5) is 14.5. The van der Waals surface area contributed by atoms with E-state index in [1.54, 1.807) is 0 Å². The number of nitrogens with one attached hydrogen (secondary N) is 1. The van der Waals surface area contributed by atoms with Gasteiger partial charge in [0.1, 0.15) is 6.10 Å². The van der Waals surface area contributed by atoms with Crippen LogP contribution < -0.4 is 5.32 Å². The number of carbonyl (C=O) groups excluding carboxylic acids is 1. The Hall–Kier alpha value is -1.17. The number of ether oxygens (including phenoxy) is 3. The first-order valence-corrected chi connectivity index (χ1v) is 16.3. The summed E-state index contributed by atoms with van der Waals surface area (Å²) < 4.78 is 18.7. The van der Waals surface area contributed by atoms with Crippen LogP contribution in [0.15, 0.2) is 22.8 Å². The van der Waals surface area contributed by atoms with Gasteiger partial charge in [0, 0.05) is 23.5 Å². The van der Waals surface area contributed by atoms with Crippen molar-refractivity contribution in [2.75, 3.05) is 13.2 Å². The Morgan fingerprint density at radius 3 is 2.69 bits per heavy atom. The zero-order valence-electron chi connectivity index (χ0n) is 25.4. The molecule has 5 N–H and O–H groups in total. The van der Waals surface area contributed by atoms with Gasteiger partial charge < -0.3 is 40.0 Å². The van der Waals surface area contributed by atoms with Gasteiger partial charge in [0.25, 0.3) is 0 Å². The van der Waals surface area contributed by atoms with Crippen molar-refractivity contribution in [2.24, 2.45) is 40.9 Å². The van der Waals surface area contributed by atoms with Crippen LogP contribution in [0.5, 0.6) is 0 Å². The van der Waals surface area contributed by atoms with Crippen LogP contribution in [-0.4, -0.2) is 88.0 Å². The van der Waals surface area contributed by atoms with Crippen LogP contribution in [0, 0.1) is 40.9 Å². The Morgan fingerprint density at radius 1 is 1.14 bits per heavy atom. The van der Waals surface area contributed by atoms with E-state index in [0.29, 0.717) is 42.4 Å². The molecule has 7 aliphatic rings. The molecule has 4 aliphatic carbocycles. The molecule has 0 radical (unpaired) electrons. The van der Waals surface area contributed by atoms with Gasteiger partial charge >= 0.3 is 0 Å². The SMILES string of the molecule is CC1=C2C(=O)[C@@H]3[C@H](CC=C4C[C@H](O[C@@H]5O[C@H](O)[C@H](O)[C@H](O)[C@@H]5CO)CC[C@@]43C)[C@@H]2CC[C@]12O[C@@H]1C[C@H](C)CN[C@H]1[C@H]2C. The zero-order valence-corrected chi connectivity index (χ0v) is 25.4. The maximum atomic E-state index is 14.5. The number of aliphatic hydroxyl groups excluding tert-OH is 4. The van der Waals surface area contributed by atoms with E-state index >= 15 is 0 Å². The minimum Gasteiger partial charge on any atom is -0.396 e. The Kier molecular flexibility index (Phi) is 7.34. The first-order valence-electron chi connectivity index (χ1n) is 16.3. The minimum atomic E-state index is -1.58. The molecule has 0 aromatic carbocycles. The second kappa shape index (κ2) is 10.4. The van der Waals surface area contributed by atoms with Crippen molar-refractivity contribution in [3.63, 3.8) is 0 Å². The van der Waals surface area contributed by atoms with Gasteiger partial charge in [0.15, 0.2) is 18.4 Å². The zero-order chi connectivity index (χ0) is 29.7. The van der Waals surface area contributed by atoms with Crippen molar-refractivity contribution >= 4 is 5.78 Å². The van der Waals surface area contributed by atoms with Crippen LogP contribution in [0.1, 0.15) is 72.6 Å². The van der Waals surface area contributed by atoms with Gasteiger partial charge in [-0.3, -0.25) is 4.79 Å². The highest BCUT2D eigenvalue weighted by Crippen LogP contribution is 2.64. The lowest BCUT2D eigenvalue weighted by atomic mass is 9.56. The molecule has 42 heavy (non-hydrogen) atoms. The molecular formula is C33H49NO8. The second-order valence-electron chi connectivity index (χ2n) is 14.9. The van der Waals surface area contributed by atoms with Gasteiger partial charge in [-0.2, -0.15) is 0 Å². The highest BCUT2D eigenvalue weighted by molar-refractivity contribution is 6.02. The first-order chi connectivity index (χ1) is 20.0. The average molecular weight is 588 g/mol. The van der Waals surface area contributed by atoms with Crippen LogP contribution in [0.4, 0.5) is 0 Å². The lowest BCUT2D eigenvalue weighted by Crippen LogP contribution is -2.57.